The molecule has 1 N–H and O–H groups in total. The van der Waals surface area contributed by atoms with Gasteiger partial charge in [-0.1, -0.05) is 78.6 Å². The summed E-state index contributed by atoms with van der Waals surface area (Å²) in [6.45, 7) is 6.58. The van der Waals surface area contributed by atoms with E-state index in [2.05, 4.69) is 20.8 Å². The van der Waals surface area contributed by atoms with Crippen LogP contribution in [0.4, 0.5) is 0 Å². The summed E-state index contributed by atoms with van der Waals surface area (Å²) in [5, 5.41) is 9.23. The normalized spacial score (nSPS) is 20.9. The highest BCUT2D eigenvalue weighted by Gasteiger charge is 2.33. The van der Waals surface area contributed by atoms with Gasteiger partial charge in [0.25, 0.3) is 0 Å². The van der Waals surface area contributed by atoms with Crippen LogP contribution in [0, 0.1) is 17.8 Å². The second-order valence-corrected chi connectivity index (χ2v) is 9.20. The Morgan fingerprint density at radius 1 is 0.929 bits per heavy atom. The number of hydrogen-bond acceptors (Lipinski definition) is 3. The number of aliphatic carboxylic acids is 1. The fourth-order valence-electron chi connectivity index (χ4n) is 4.32. The summed E-state index contributed by atoms with van der Waals surface area (Å²) in [5.74, 6) is -1.05. The van der Waals surface area contributed by atoms with Crippen LogP contribution in [-0.4, -0.2) is 23.1 Å². The van der Waals surface area contributed by atoms with Gasteiger partial charge in [-0.15, -0.1) is 0 Å². The summed E-state index contributed by atoms with van der Waals surface area (Å²) < 4.78 is 5.87. The molecular formula is C24H44O4. The summed E-state index contributed by atoms with van der Waals surface area (Å²) in [6.07, 6.45) is 16.2. The van der Waals surface area contributed by atoms with Crippen LogP contribution in [-0.2, 0) is 14.3 Å². The van der Waals surface area contributed by atoms with Crippen molar-refractivity contribution in [1.82, 2.24) is 0 Å². The first-order valence-corrected chi connectivity index (χ1v) is 11.9. The minimum absolute atomic E-state index is 0.0118. The van der Waals surface area contributed by atoms with Crippen LogP contribution >= 0.6 is 0 Å². The summed E-state index contributed by atoms with van der Waals surface area (Å²) in [7, 11) is 0. The lowest BCUT2D eigenvalue weighted by atomic mass is 9.81. The molecule has 4 heteroatoms. The zero-order valence-electron chi connectivity index (χ0n) is 18.6. The first-order valence-electron chi connectivity index (χ1n) is 11.9. The molecule has 28 heavy (non-hydrogen) atoms. The third-order valence-corrected chi connectivity index (χ3v) is 6.00. The van der Waals surface area contributed by atoms with Gasteiger partial charge in [-0.25, -0.2) is 0 Å². The van der Waals surface area contributed by atoms with Gasteiger partial charge in [0.05, 0.1) is 11.8 Å². The molecular weight excluding hydrogens is 352 g/mol. The highest BCUT2D eigenvalue weighted by molar-refractivity contribution is 5.75. The average Bonchev–Trinajstić information content (AvgIpc) is 2.66. The van der Waals surface area contributed by atoms with E-state index in [9.17, 15) is 14.7 Å². The second-order valence-electron chi connectivity index (χ2n) is 9.20. The topological polar surface area (TPSA) is 63.6 Å². The van der Waals surface area contributed by atoms with Crippen LogP contribution in [0.1, 0.15) is 117 Å². The van der Waals surface area contributed by atoms with Gasteiger partial charge < -0.3 is 9.84 Å². The van der Waals surface area contributed by atoms with E-state index in [0.717, 1.165) is 32.1 Å². The van der Waals surface area contributed by atoms with Crippen molar-refractivity contribution in [1.29, 1.82) is 0 Å². The van der Waals surface area contributed by atoms with Crippen LogP contribution in [0.5, 0.6) is 0 Å². The number of rotatable bonds is 15. The number of carboxylic acid groups (broad SMARTS) is 1. The molecule has 0 heterocycles. The SMILES string of the molecule is CCCCCCCCCCCC(CC(C)C)OC(=O)C1CCCC(C(=O)O)C1. The fraction of sp³-hybridized carbons (Fsp3) is 0.917. The van der Waals surface area contributed by atoms with Crippen LogP contribution in [0.2, 0.25) is 0 Å². The Labute approximate surface area is 172 Å². The maximum Gasteiger partial charge on any atom is 0.309 e. The van der Waals surface area contributed by atoms with Gasteiger partial charge in [0.15, 0.2) is 0 Å². The Morgan fingerprint density at radius 2 is 1.50 bits per heavy atom. The highest BCUT2D eigenvalue weighted by atomic mass is 16.5. The lowest BCUT2D eigenvalue weighted by Crippen LogP contribution is -2.31. The lowest BCUT2D eigenvalue weighted by Gasteiger charge is -2.28. The van der Waals surface area contributed by atoms with Crippen molar-refractivity contribution in [2.45, 2.75) is 123 Å². The minimum Gasteiger partial charge on any atom is -0.481 e. The monoisotopic (exact) mass is 396 g/mol. The fourth-order valence-corrected chi connectivity index (χ4v) is 4.32. The zero-order chi connectivity index (χ0) is 20.8. The number of esters is 1. The molecule has 0 radical (unpaired) electrons. The van der Waals surface area contributed by atoms with Gasteiger partial charge in [-0.2, -0.15) is 0 Å². The Morgan fingerprint density at radius 3 is 2.07 bits per heavy atom. The molecule has 3 unspecified atom stereocenters. The molecule has 0 aromatic heterocycles. The van der Waals surface area contributed by atoms with Crippen molar-refractivity contribution in [3.8, 4) is 0 Å². The largest absolute Gasteiger partial charge is 0.481 e. The van der Waals surface area contributed by atoms with Crippen molar-refractivity contribution in [2.24, 2.45) is 17.8 Å². The van der Waals surface area contributed by atoms with E-state index in [1.54, 1.807) is 0 Å². The van der Waals surface area contributed by atoms with E-state index in [4.69, 9.17) is 4.74 Å². The number of ether oxygens (including phenoxy) is 1. The molecule has 0 aromatic carbocycles. The summed E-state index contributed by atoms with van der Waals surface area (Å²) >= 11 is 0. The number of carbonyl (C=O) groups is 2. The average molecular weight is 397 g/mol. The molecule has 3 atom stereocenters. The summed E-state index contributed by atoms with van der Waals surface area (Å²) in [4.78, 5) is 23.8. The molecule has 0 aromatic rings. The molecule has 1 aliphatic carbocycles. The standard InChI is InChI=1S/C24H44O4/c1-4-5-6-7-8-9-10-11-12-16-22(17-19(2)3)28-24(27)21-15-13-14-20(18-21)23(25)26/h19-22H,4-18H2,1-3H3,(H,25,26). The molecule has 4 nitrogen and oxygen atoms in total. The molecule has 0 bridgehead atoms. The molecule has 0 aliphatic heterocycles. The van der Waals surface area contributed by atoms with Crippen LogP contribution in [0.25, 0.3) is 0 Å². The quantitative estimate of drug-likeness (QED) is 0.245. The van der Waals surface area contributed by atoms with Gasteiger partial charge in [0.2, 0.25) is 0 Å². The number of carboxylic acids is 1. The molecule has 1 aliphatic rings. The Kier molecular flexibility index (Phi) is 13.3. The van der Waals surface area contributed by atoms with Gasteiger partial charge in [-0.3, -0.25) is 9.59 Å². The van der Waals surface area contributed by atoms with E-state index in [1.807, 2.05) is 0 Å². The van der Waals surface area contributed by atoms with E-state index >= 15 is 0 Å². The smallest absolute Gasteiger partial charge is 0.309 e. The first kappa shape index (κ1) is 25.0. The second kappa shape index (κ2) is 14.9. The molecule has 0 amide bonds. The molecule has 0 spiro atoms. The van der Waals surface area contributed by atoms with Gasteiger partial charge in [-0.05, 0) is 44.4 Å². The van der Waals surface area contributed by atoms with E-state index in [-0.39, 0.29) is 23.9 Å². The molecule has 1 fully saturated rings. The maximum atomic E-state index is 12.6. The Bertz CT molecular complexity index is 432. The molecule has 1 saturated carbocycles. The van der Waals surface area contributed by atoms with Gasteiger partial charge in [0, 0.05) is 0 Å². The van der Waals surface area contributed by atoms with Gasteiger partial charge >= 0.3 is 11.9 Å². The van der Waals surface area contributed by atoms with Crippen molar-refractivity contribution < 1.29 is 19.4 Å². The summed E-state index contributed by atoms with van der Waals surface area (Å²) in [6, 6.07) is 0. The minimum atomic E-state index is -0.772. The first-order chi connectivity index (χ1) is 13.4. The lowest BCUT2D eigenvalue weighted by molar-refractivity contribution is -0.158. The van der Waals surface area contributed by atoms with Crippen LogP contribution in [0.3, 0.4) is 0 Å². The van der Waals surface area contributed by atoms with Crippen molar-refractivity contribution in [3.05, 3.63) is 0 Å². The van der Waals surface area contributed by atoms with Crippen LogP contribution in [0.15, 0.2) is 0 Å². The van der Waals surface area contributed by atoms with Crippen molar-refractivity contribution >= 4 is 11.9 Å². The number of hydrogen-bond donors (Lipinski definition) is 1. The molecule has 1 rings (SSSR count). The van der Waals surface area contributed by atoms with Gasteiger partial charge in [0.1, 0.15) is 6.10 Å². The van der Waals surface area contributed by atoms with E-state index < -0.39 is 5.97 Å². The number of carbonyl (C=O) groups excluding carboxylic acids is 1. The van der Waals surface area contributed by atoms with Crippen molar-refractivity contribution in [3.63, 3.8) is 0 Å². The third kappa shape index (κ3) is 11.1. The predicted molar refractivity (Wildman–Crippen MR) is 114 cm³/mol. The third-order valence-electron chi connectivity index (χ3n) is 6.00. The van der Waals surface area contributed by atoms with Crippen molar-refractivity contribution in [2.75, 3.05) is 0 Å². The van der Waals surface area contributed by atoms with E-state index in [1.165, 1.54) is 51.4 Å². The Hall–Kier alpha value is -1.06. The highest BCUT2D eigenvalue weighted by Crippen LogP contribution is 2.31. The summed E-state index contributed by atoms with van der Waals surface area (Å²) in [5.41, 5.74) is 0. The maximum absolute atomic E-state index is 12.6. The predicted octanol–water partition coefficient (Wildman–Crippen LogP) is 6.76. The Balaban J connectivity index is 2.29. The number of unbranched alkanes of at least 4 members (excludes halogenated alkanes) is 8. The van der Waals surface area contributed by atoms with Crippen LogP contribution < -0.4 is 0 Å². The molecule has 164 valence electrons. The zero-order valence-corrected chi connectivity index (χ0v) is 18.6. The van der Waals surface area contributed by atoms with E-state index in [0.29, 0.717) is 18.8 Å². The molecule has 0 saturated heterocycles.